The van der Waals surface area contributed by atoms with Crippen molar-refractivity contribution in [2.45, 2.75) is 33.2 Å². The van der Waals surface area contributed by atoms with Crippen LogP contribution in [0.4, 0.5) is 0 Å². The second-order valence-electron chi connectivity index (χ2n) is 3.98. The third-order valence-corrected chi connectivity index (χ3v) is 3.65. The van der Waals surface area contributed by atoms with Gasteiger partial charge in [0.15, 0.2) is 0 Å². The van der Waals surface area contributed by atoms with Crippen molar-refractivity contribution in [3.05, 3.63) is 29.6 Å². The van der Waals surface area contributed by atoms with Crippen LogP contribution in [0.3, 0.4) is 0 Å². The van der Waals surface area contributed by atoms with Gasteiger partial charge in [-0.25, -0.2) is 0 Å². The molecule has 0 spiro atoms. The molecule has 0 aromatic carbocycles. The van der Waals surface area contributed by atoms with Crippen LogP contribution in [-0.4, -0.2) is 23.0 Å². The molecule has 1 unspecified atom stereocenters. The van der Waals surface area contributed by atoms with Crippen LogP contribution in [0.1, 0.15) is 37.4 Å². The number of hydrogen-bond donors (Lipinski definition) is 1. The zero-order valence-electron chi connectivity index (χ0n) is 10.5. The first-order valence-electron chi connectivity index (χ1n) is 6.00. The van der Waals surface area contributed by atoms with Gasteiger partial charge in [-0.3, -0.25) is 4.98 Å². The Balaban J connectivity index is 2.61. The van der Waals surface area contributed by atoms with Crippen LogP contribution >= 0.6 is 11.8 Å². The van der Waals surface area contributed by atoms with Gasteiger partial charge in [-0.1, -0.05) is 19.9 Å². The van der Waals surface area contributed by atoms with Gasteiger partial charge in [-0.15, -0.1) is 0 Å². The number of nitrogens with zero attached hydrogens (tertiary/aromatic N) is 1. The highest BCUT2D eigenvalue weighted by molar-refractivity contribution is 7.99. The van der Waals surface area contributed by atoms with Crippen LogP contribution in [-0.2, 0) is 0 Å². The van der Waals surface area contributed by atoms with Crippen molar-refractivity contribution in [1.29, 1.82) is 0 Å². The summed E-state index contributed by atoms with van der Waals surface area (Å²) in [5.41, 5.74) is 2.55. The van der Waals surface area contributed by atoms with Gasteiger partial charge in [0.05, 0.1) is 0 Å². The van der Waals surface area contributed by atoms with E-state index in [2.05, 4.69) is 37.1 Å². The Morgan fingerprint density at radius 2 is 2.19 bits per heavy atom. The molecule has 1 heterocycles. The number of aromatic nitrogens is 1. The lowest BCUT2D eigenvalue weighted by molar-refractivity contribution is 0.603. The zero-order chi connectivity index (χ0) is 11.8. The number of aryl methyl sites for hydroxylation is 1. The molecule has 1 N–H and O–H groups in total. The number of rotatable bonds is 7. The molecule has 0 aliphatic carbocycles. The molecule has 0 bridgehead atoms. The minimum Gasteiger partial charge on any atom is -0.309 e. The van der Waals surface area contributed by atoms with E-state index in [-0.39, 0.29) is 0 Å². The molecular formula is C13H22N2S. The Hall–Kier alpha value is -0.540. The van der Waals surface area contributed by atoms with Crippen molar-refractivity contribution < 1.29 is 0 Å². The Bertz CT molecular complexity index is 302. The number of hydrogen-bond acceptors (Lipinski definition) is 3. The van der Waals surface area contributed by atoms with Gasteiger partial charge in [-0.2, -0.15) is 11.8 Å². The maximum Gasteiger partial charge on any atom is 0.0427 e. The fraction of sp³-hybridized carbons (Fsp3) is 0.615. The second kappa shape index (κ2) is 7.69. The topological polar surface area (TPSA) is 24.9 Å². The van der Waals surface area contributed by atoms with Crippen molar-refractivity contribution in [2.75, 3.05) is 18.1 Å². The average molecular weight is 238 g/mol. The molecular weight excluding hydrogens is 216 g/mol. The van der Waals surface area contributed by atoms with Gasteiger partial charge >= 0.3 is 0 Å². The summed E-state index contributed by atoms with van der Waals surface area (Å²) in [6.07, 6.45) is 5.13. The third-order valence-electron chi connectivity index (χ3n) is 2.38. The molecule has 1 aromatic rings. The van der Waals surface area contributed by atoms with Crippen LogP contribution in [0.5, 0.6) is 0 Å². The van der Waals surface area contributed by atoms with E-state index in [1.54, 1.807) is 0 Å². The first kappa shape index (κ1) is 13.5. The number of pyridine rings is 1. The van der Waals surface area contributed by atoms with Crippen LogP contribution < -0.4 is 5.32 Å². The van der Waals surface area contributed by atoms with E-state index >= 15 is 0 Å². The van der Waals surface area contributed by atoms with Gasteiger partial charge in [-0.05, 0) is 36.8 Å². The van der Waals surface area contributed by atoms with Crippen LogP contribution in [0, 0.1) is 6.92 Å². The smallest absolute Gasteiger partial charge is 0.0427 e. The SMILES string of the molecule is CCCSCC(NCC)c1cncc(C)c1. The summed E-state index contributed by atoms with van der Waals surface area (Å²) in [5.74, 6) is 2.37. The molecule has 0 fully saturated rings. The van der Waals surface area contributed by atoms with E-state index in [0.29, 0.717) is 6.04 Å². The predicted molar refractivity (Wildman–Crippen MR) is 73.0 cm³/mol. The highest BCUT2D eigenvalue weighted by Gasteiger charge is 2.10. The summed E-state index contributed by atoms with van der Waals surface area (Å²) < 4.78 is 0. The third kappa shape index (κ3) is 4.54. The lowest BCUT2D eigenvalue weighted by Gasteiger charge is -2.17. The Labute approximate surface area is 103 Å². The first-order chi connectivity index (χ1) is 7.77. The summed E-state index contributed by atoms with van der Waals surface area (Å²) in [6, 6.07) is 2.67. The maximum absolute atomic E-state index is 4.27. The van der Waals surface area contributed by atoms with E-state index in [1.165, 1.54) is 23.3 Å². The van der Waals surface area contributed by atoms with Crippen molar-refractivity contribution in [1.82, 2.24) is 10.3 Å². The summed E-state index contributed by atoms with van der Waals surface area (Å²) in [4.78, 5) is 4.27. The van der Waals surface area contributed by atoms with Gasteiger partial charge < -0.3 is 5.32 Å². The van der Waals surface area contributed by atoms with Gasteiger partial charge in [0, 0.05) is 24.2 Å². The Morgan fingerprint density at radius 3 is 2.81 bits per heavy atom. The number of thioether (sulfide) groups is 1. The van der Waals surface area contributed by atoms with Crippen molar-refractivity contribution in [3.8, 4) is 0 Å². The molecule has 0 aliphatic rings. The summed E-state index contributed by atoms with van der Waals surface area (Å²) in [7, 11) is 0. The van der Waals surface area contributed by atoms with Crippen LogP contribution in [0.2, 0.25) is 0 Å². The second-order valence-corrected chi connectivity index (χ2v) is 5.13. The summed E-state index contributed by atoms with van der Waals surface area (Å²) in [6.45, 7) is 7.48. The molecule has 0 saturated heterocycles. The van der Waals surface area contributed by atoms with Crippen LogP contribution in [0.15, 0.2) is 18.5 Å². The standard InChI is InChI=1S/C13H22N2S/c1-4-6-16-10-13(15-5-2)12-7-11(3)8-14-9-12/h7-9,13,15H,4-6,10H2,1-3H3. The maximum atomic E-state index is 4.27. The quantitative estimate of drug-likeness (QED) is 0.739. The van der Waals surface area contributed by atoms with E-state index in [4.69, 9.17) is 0 Å². The zero-order valence-corrected chi connectivity index (χ0v) is 11.3. The summed E-state index contributed by atoms with van der Waals surface area (Å²) in [5, 5.41) is 3.52. The first-order valence-corrected chi connectivity index (χ1v) is 7.16. The van der Waals surface area contributed by atoms with Crippen molar-refractivity contribution in [2.24, 2.45) is 0 Å². The predicted octanol–water partition coefficient (Wildman–Crippen LogP) is 3.18. The fourth-order valence-electron chi connectivity index (χ4n) is 1.63. The molecule has 1 aromatic heterocycles. The molecule has 0 amide bonds. The molecule has 1 atom stereocenters. The highest BCUT2D eigenvalue weighted by atomic mass is 32.2. The van der Waals surface area contributed by atoms with E-state index in [0.717, 1.165) is 12.3 Å². The molecule has 0 aliphatic heterocycles. The molecule has 0 radical (unpaired) electrons. The number of nitrogens with one attached hydrogen (secondary N) is 1. The van der Waals surface area contributed by atoms with Gasteiger partial charge in [0.25, 0.3) is 0 Å². The normalized spacial score (nSPS) is 12.7. The molecule has 0 saturated carbocycles. The van der Waals surface area contributed by atoms with E-state index in [9.17, 15) is 0 Å². The molecule has 1 rings (SSSR count). The highest BCUT2D eigenvalue weighted by Crippen LogP contribution is 2.18. The van der Waals surface area contributed by atoms with E-state index < -0.39 is 0 Å². The van der Waals surface area contributed by atoms with Gasteiger partial charge in [0.1, 0.15) is 0 Å². The minimum absolute atomic E-state index is 0.439. The fourth-order valence-corrected chi connectivity index (χ4v) is 2.64. The lowest BCUT2D eigenvalue weighted by atomic mass is 10.1. The molecule has 90 valence electrons. The molecule has 2 nitrogen and oxygen atoms in total. The summed E-state index contributed by atoms with van der Waals surface area (Å²) >= 11 is 2.01. The van der Waals surface area contributed by atoms with E-state index in [1.807, 2.05) is 24.2 Å². The average Bonchev–Trinajstić information content (AvgIpc) is 2.28. The van der Waals surface area contributed by atoms with Crippen molar-refractivity contribution >= 4 is 11.8 Å². The van der Waals surface area contributed by atoms with Gasteiger partial charge in [0.2, 0.25) is 0 Å². The largest absolute Gasteiger partial charge is 0.309 e. The minimum atomic E-state index is 0.439. The Kier molecular flexibility index (Phi) is 6.50. The lowest BCUT2D eigenvalue weighted by Crippen LogP contribution is -2.23. The van der Waals surface area contributed by atoms with Crippen LogP contribution in [0.25, 0.3) is 0 Å². The molecule has 16 heavy (non-hydrogen) atoms. The van der Waals surface area contributed by atoms with Crippen molar-refractivity contribution in [3.63, 3.8) is 0 Å². The monoisotopic (exact) mass is 238 g/mol. The molecule has 3 heteroatoms. The Morgan fingerprint density at radius 1 is 1.38 bits per heavy atom.